The number of fused-ring (bicyclic) bond motifs is 1. The number of terminal acetylenes is 1. The zero-order valence-electron chi connectivity index (χ0n) is 14.9. The van der Waals surface area contributed by atoms with Gasteiger partial charge in [-0.05, 0) is 43.2 Å². The second-order valence-electron chi connectivity index (χ2n) is 6.02. The molecule has 3 aromatic rings. The molecule has 0 fully saturated rings. The minimum absolute atomic E-state index is 0.111. The third-order valence-electron chi connectivity index (χ3n) is 3.91. The molecule has 1 amide bonds. The summed E-state index contributed by atoms with van der Waals surface area (Å²) in [5.74, 6) is 3.28. The zero-order valence-corrected chi connectivity index (χ0v) is 16.5. The molecule has 1 aromatic heterocycles. The highest BCUT2D eigenvalue weighted by molar-refractivity contribution is 7.99. The first-order chi connectivity index (χ1) is 12.6. The minimum atomic E-state index is -0.111. The van der Waals surface area contributed by atoms with E-state index in [0.29, 0.717) is 23.5 Å². The van der Waals surface area contributed by atoms with Crippen LogP contribution in [0.4, 0.5) is 0 Å². The molecule has 0 N–H and O–H groups in total. The van der Waals surface area contributed by atoms with E-state index in [9.17, 15) is 4.79 Å². The van der Waals surface area contributed by atoms with Gasteiger partial charge in [0.15, 0.2) is 4.80 Å². The molecular formula is C21H20N2OS2. The summed E-state index contributed by atoms with van der Waals surface area (Å²) in [4.78, 5) is 18.5. The maximum absolute atomic E-state index is 12.3. The number of thiazole rings is 1. The van der Waals surface area contributed by atoms with Crippen molar-refractivity contribution in [3.63, 3.8) is 0 Å². The molecule has 0 aliphatic carbocycles. The van der Waals surface area contributed by atoms with Gasteiger partial charge in [-0.1, -0.05) is 41.5 Å². The van der Waals surface area contributed by atoms with Crippen LogP contribution < -0.4 is 4.80 Å². The smallest absolute Gasteiger partial charge is 0.249 e. The van der Waals surface area contributed by atoms with Gasteiger partial charge in [-0.3, -0.25) is 4.79 Å². The molecule has 3 nitrogen and oxygen atoms in total. The molecular weight excluding hydrogens is 360 g/mol. The summed E-state index contributed by atoms with van der Waals surface area (Å²) in [6.45, 7) is 4.55. The van der Waals surface area contributed by atoms with Crippen molar-refractivity contribution in [3.05, 3.63) is 58.4 Å². The van der Waals surface area contributed by atoms with Gasteiger partial charge >= 0.3 is 0 Å². The molecule has 0 spiro atoms. The van der Waals surface area contributed by atoms with E-state index in [-0.39, 0.29) is 5.91 Å². The summed E-state index contributed by atoms with van der Waals surface area (Å²) < 4.78 is 3.08. The van der Waals surface area contributed by atoms with E-state index in [0.717, 1.165) is 20.7 Å². The van der Waals surface area contributed by atoms with Crippen molar-refractivity contribution in [1.82, 2.24) is 4.57 Å². The monoisotopic (exact) mass is 380 g/mol. The number of benzene rings is 2. The highest BCUT2D eigenvalue weighted by Crippen LogP contribution is 2.23. The Bertz CT molecular complexity index is 1040. The molecule has 0 aliphatic heterocycles. The summed E-state index contributed by atoms with van der Waals surface area (Å²) in [6.07, 6.45) is 5.94. The lowest BCUT2D eigenvalue weighted by Gasteiger charge is -2.04. The number of hydrogen-bond donors (Lipinski definition) is 0. The average molecular weight is 381 g/mol. The van der Waals surface area contributed by atoms with Crippen LogP contribution in [0.5, 0.6) is 0 Å². The second-order valence-corrected chi connectivity index (χ2v) is 8.20. The number of carbonyl (C=O) groups is 1. The van der Waals surface area contributed by atoms with E-state index in [2.05, 4.69) is 36.9 Å². The lowest BCUT2D eigenvalue weighted by Crippen LogP contribution is -2.17. The highest BCUT2D eigenvalue weighted by atomic mass is 32.2. The standard InChI is InChI=1S/C21H20N2OS2/c1-4-11-23-20-16(3)13-15(2)14-18(20)26-21(23)22-19(24)10-12-25-17-8-6-5-7-9-17/h1,5-9,13-14H,10-12H2,2-3H3. The van der Waals surface area contributed by atoms with E-state index in [1.807, 2.05) is 34.9 Å². The van der Waals surface area contributed by atoms with Crippen LogP contribution in [0.3, 0.4) is 0 Å². The Kier molecular flexibility index (Phi) is 5.97. The first-order valence-electron chi connectivity index (χ1n) is 8.38. The fourth-order valence-electron chi connectivity index (χ4n) is 2.85. The Morgan fingerprint density at radius 3 is 2.77 bits per heavy atom. The summed E-state index contributed by atoms with van der Waals surface area (Å²) in [7, 11) is 0. The molecule has 0 radical (unpaired) electrons. The van der Waals surface area contributed by atoms with Gasteiger partial charge in [-0.15, -0.1) is 18.2 Å². The average Bonchev–Trinajstić information content (AvgIpc) is 2.93. The molecule has 0 aliphatic rings. The van der Waals surface area contributed by atoms with Crippen molar-refractivity contribution in [2.75, 3.05) is 5.75 Å². The Morgan fingerprint density at radius 2 is 2.04 bits per heavy atom. The van der Waals surface area contributed by atoms with Gasteiger partial charge in [0.25, 0.3) is 0 Å². The number of aryl methyl sites for hydroxylation is 2. The SMILES string of the molecule is C#CCn1c(=NC(=O)CCSc2ccccc2)sc2cc(C)cc(C)c21. The van der Waals surface area contributed by atoms with Crippen molar-refractivity contribution in [2.45, 2.75) is 31.7 Å². The van der Waals surface area contributed by atoms with Crippen molar-refractivity contribution < 1.29 is 4.79 Å². The number of amides is 1. The van der Waals surface area contributed by atoms with Crippen LogP contribution in [0.25, 0.3) is 10.2 Å². The van der Waals surface area contributed by atoms with Crippen LogP contribution in [0.15, 0.2) is 52.4 Å². The number of rotatable bonds is 5. The number of hydrogen-bond acceptors (Lipinski definition) is 3. The Morgan fingerprint density at radius 1 is 1.27 bits per heavy atom. The number of carbonyl (C=O) groups excluding carboxylic acids is 1. The van der Waals surface area contributed by atoms with Crippen LogP contribution in [-0.4, -0.2) is 16.2 Å². The molecule has 0 unspecified atom stereocenters. The van der Waals surface area contributed by atoms with Crippen molar-refractivity contribution in [1.29, 1.82) is 0 Å². The Hall–Kier alpha value is -2.29. The fourth-order valence-corrected chi connectivity index (χ4v) is 4.94. The van der Waals surface area contributed by atoms with E-state index < -0.39 is 0 Å². The quantitative estimate of drug-likeness (QED) is 0.480. The maximum Gasteiger partial charge on any atom is 0.249 e. The molecule has 0 saturated carbocycles. The highest BCUT2D eigenvalue weighted by Gasteiger charge is 2.10. The minimum Gasteiger partial charge on any atom is -0.304 e. The van der Waals surface area contributed by atoms with Gasteiger partial charge in [0.1, 0.15) is 0 Å². The summed E-state index contributed by atoms with van der Waals surface area (Å²) in [5.41, 5.74) is 3.42. The molecule has 5 heteroatoms. The first kappa shape index (κ1) is 18.5. The molecule has 3 rings (SSSR count). The summed E-state index contributed by atoms with van der Waals surface area (Å²) in [6, 6.07) is 14.3. The van der Waals surface area contributed by atoms with Gasteiger partial charge in [-0.25, -0.2) is 0 Å². The van der Waals surface area contributed by atoms with E-state index in [1.165, 1.54) is 16.9 Å². The largest absolute Gasteiger partial charge is 0.304 e. The van der Waals surface area contributed by atoms with Gasteiger partial charge in [0, 0.05) is 17.1 Å². The molecule has 0 bridgehead atoms. The van der Waals surface area contributed by atoms with E-state index in [4.69, 9.17) is 6.42 Å². The molecule has 2 aromatic carbocycles. The van der Waals surface area contributed by atoms with Crippen molar-refractivity contribution in [3.8, 4) is 12.3 Å². The van der Waals surface area contributed by atoms with E-state index in [1.54, 1.807) is 11.8 Å². The molecule has 132 valence electrons. The Labute approximate surface area is 161 Å². The lowest BCUT2D eigenvalue weighted by atomic mass is 10.1. The number of nitrogens with zero attached hydrogens (tertiary/aromatic N) is 2. The summed E-state index contributed by atoms with van der Waals surface area (Å²) >= 11 is 3.19. The maximum atomic E-state index is 12.3. The third kappa shape index (κ3) is 4.27. The van der Waals surface area contributed by atoms with Crippen LogP contribution >= 0.6 is 23.1 Å². The van der Waals surface area contributed by atoms with Gasteiger partial charge in [-0.2, -0.15) is 4.99 Å². The predicted molar refractivity (Wildman–Crippen MR) is 110 cm³/mol. The molecule has 0 saturated heterocycles. The molecule has 0 atom stereocenters. The topological polar surface area (TPSA) is 34.4 Å². The van der Waals surface area contributed by atoms with Crippen molar-refractivity contribution in [2.24, 2.45) is 4.99 Å². The Balaban J connectivity index is 1.84. The van der Waals surface area contributed by atoms with Gasteiger partial charge in [0.2, 0.25) is 5.91 Å². The van der Waals surface area contributed by atoms with Crippen LogP contribution in [-0.2, 0) is 11.3 Å². The van der Waals surface area contributed by atoms with Gasteiger partial charge < -0.3 is 4.57 Å². The fraction of sp³-hybridized carbons (Fsp3) is 0.238. The second kappa shape index (κ2) is 8.39. The van der Waals surface area contributed by atoms with Crippen LogP contribution in [0.2, 0.25) is 0 Å². The lowest BCUT2D eigenvalue weighted by molar-refractivity contribution is -0.117. The van der Waals surface area contributed by atoms with Crippen LogP contribution in [0.1, 0.15) is 17.5 Å². The molecule has 26 heavy (non-hydrogen) atoms. The third-order valence-corrected chi connectivity index (χ3v) is 5.95. The van der Waals surface area contributed by atoms with Crippen molar-refractivity contribution >= 4 is 39.2 Å². The first-order valence-corrected chi connectivity index (χ1v) is 10.2. The number of aromatic nitrogens is 1. The zero-order chi connectivity index (χ0) is 18.5. The normalized spacial score (nSPS) is 11.7. The van der Waals surface area contributed by atoms with E-state index >= 15 is 0 Å². The van der Waals surface area contributed by atoms with Gasteiger partial charge in [0.05, 0.1) is 16.8 Å². The summed E-state index contributed by atoms with van der Waals surface area (Å²) in [5, 5.41) is 0. The van der Waals surface area contributed by atoms with Crippen LogP contribution in [0, 0.1) is 26.2 Å². The molecule has 1 heterocycles. The predicted octanol–water partition coefficient (Wildman–Crippen LogP) is 4.56. The number of thioether (sulfide) groups is 1.